The number of carbonyl (C=O) groups excluding carboxylic acids is 1. The third kappa shape index (κ3) is 6.12. The Morgan fingerprint density at radius 3 is 2.57 bits per heavy atom. The Morgan fingerprint density at radius 2 is 1.91 bits per heavy atom. The average Bonchev–Trinajstić information content (AvgIpc) is 3.08. The predicted octanol–water partition coefficient (Wildman–Crippen LogP) is 2.07. The van der Waals surface area contributed by atoms with Crippen LogP contribution >= 0.6 is 11.3 Å². The average molecular weight is 330 g/mol. The van der Waals surface area contributed by atoms with Gasteiger partial charge in [-0.1, -0.05) is 30.3 Å². The molecule has 5 nitrogen and oxygen atoms in total. The highest BCUT2D eigenvalue weighted by Gasteiger charge is 2.06. The van der Waals surface area contributed by atoms with Crippen molar-refractivity contribution in [3.63, 3.8) is 0 Å². The van der Waals surface area contributed by atoms with E-state index < -0.39 is 0 Å². The van der Waals surface area contributed by atoms with E-state index >= 15 is 0 Å². The van der Waals surface area contributed by atoms with E-state index in [1.807, 2.05) is 29.6 Å². The van der Waals surface area contributed by atoms with Crippen molar-refractivity contribution < 1.29 is 4.79 Å². The summed E-state index contributed by atoms with van der Waals surface area (Å²) in [6, 6.07) is 12.1. The zero-order valence-electron chi connectivity index (χ0n) is 13.5. The van der Waals surface area contributed by atoms with Crippen LogP contribution < -0.4 is 10.6 Å². The molecule has 0 bridgehead atoms. The molecule has 0 unspecified atom stereocenters. The van der Waals surface area contributed by atoms with Crippen LogP contribution in [0.2, 0.25) is 0 Å². The molecule has 0 spiro atoms. The molecule has 23 heavy (non-hydrogen) atoms. The fraction of sp³-hybridized carbons (Fsp3) is 0.294. The zero-order chi connectivity index (χ0) is 16.5. The number of aliphatic imine (C=N–C) groups is 1. The summed E-state index contributed by atoms with van der Waals surface area (Å²) in [5.41, 5.74) is 2.33. The molecule has 2 rings (SSSR count). The van der Waals surface area contributed by atoms with Crippen molar-refractivity contribution in [2.24, 2.45) is 4.99 Å². The number of guanidine groups is 1. The molecular weight excluding hydrogens is 308 g/mol. The lowest BCUT2D eigenvalue weighted by Gasteiger charge is -2.15. The first-order valence-electron chi connectivity index (χ1n) is 7.42. The molecule has 2 N–H and O–H groups in total. The summed E-state index contributed by atoms with van der Waals surface area (Å²) in [5.74, 6) is 0.644. The second kappa shape index (κ2) is 8.95. The van der Waals surface area contributed by atoms with Gasteiger partial charge in [0, 0.05) is 20.6 Å². The van der Waals surface area contributed by atoms with Gasteiger partial charge in [0.05, 0.1) is 13.1 Å². The zero-order valence-corrected chi connectivity index (χ0v) is 14.3. The quantitative estimate of drug-likeness (QED) is 0.630. The maximum absolute atomic E-state index is 11.7. The number of carbonyl (C=O) groups is 1. The second-order valence-corrected chi connectivity index (χ2v) is 6.06. The molecule has 0 fully saturated rings. The van der Waals surface area contributed by atoms with Crippen LogP contribution in [0.15, 0.2) is 52.2 Å². The van der Waals surface area contributed by atoms with Crippen molar-refractivity contribution >= 4 is 23.2 Å². The van der Waals surface area contributed by atoms with Crippen molar-refractivity contribution in [2.45, 2.75) is 13.1 Å². The molecule has 0 aliphatic carbocycles. The molecule has 1 aromatic heterocycles. The summed E-state index contributed by atoms with van der Waals surface area (Å²) in [7, 11) is 3.48. The molecule has 0 radical (unpaired) electrons. The third-order valence-corrected chi connectivity index (χ3v) is 3.94. The summed E-state index contributed by atoms with van der Waals surface area (Å²) < 4.78 is 0. The van der Waals surface area contributed by atoms with Gasteiger partial charge in [-0.2, -0.15) is 11.3 Å². The number of hydrogen-bond donors (Lipinski definition) is 2. The topological polar surface area (TPSA) is 56.7 Å². The Morgan fingerprint density at radius 1 is 1.13 bits per heavy atom. The van der Waals surface area contributed by atoms with E-state index in [0.29, 0.717) is 19.0 Å². The highest BCUT2D eigenvalue weighted by molar-refractivity contribution is 7.07. The fourth-order valence-electron chi connectivity index (χ4n) is 1.83. The number of amides is 1. The van der Waals surface area contributed by atoms with Gasteiger partial charge in [0.15, 0.2) is 5.96 Å². The van der Waals surface area contributed by atoms with E-state index in [1.54, 1.807) is 30.3 Å². The lowest BCUT2D eigenvalue weighted by atomic mass is 10.2. The first-order chi connectivity index (χ1) is 11.1. The Balaban J connectivity index is 1.95. The summed E-state index contributed by atoms with van der Waals surface area (Å²) in [4.78, 5) is 17.8. The van der Waals surface area contributed by atoms with Crippen LogP contribution in [0.3, 0.4) is 0 Å². The molecule has 6 heteroatoms. The van der Waals surface area contributed by atoms with Crippen molar-refractivity contribution in [3.8, 4) is 0 Å². The summed E-state index contributed by atoms with van der Waals surface area (Å²) >= 11 is 1.65. The van der Waals surface area contributed by atoms with Crippen LogP contribution in [-0.2, 0) is 17.9 Å². The van der Waals surface area contributed by atoms with Crippen molar-refractivity contribution in [1.82, 2.24) is 15.5 Å². The Kier molecular flexibility index (Phi) is 6.62. The van der Waals surface area contributed by atoms with Gasteiger partial charge in [-0.05, 0) is 28.0 Å². The smallest absolute Gasteiger partial charge is 0.241 e. The molecule has 1 heterocycles. The second-order valence-electron chi connectivity index (χ2n) is 5.28. The summed E-state index contributed by atoms with van der Waals surface area (Å²) in [6.45, 7) is 1.47. The van der Waals surface area contributed by atoms with Crippen LogP contribution in [0.1, 0.15) is 11.1 Å². The van der Waals surface area contributed by atoms with Crippen molar-refractivity contribution in [3.05, 3.63) is 58.3 Å². The normalized spacial score (nSPS) is 11.1. The van der Waals surface area contributed by atoms with Crippen LogP contribution in [0, 0.1) is 0 Å². The minimum Gasteiger partial charge on any atom is -0.352 e. The lowest BCUT2D eigenvalue weighted by Crippen LogP contribution is -2.42. The minimum absolute atomic E-state index is 0.00902. The Hall–Kier alpha value is -2.34. The third-order valence-electron chi connectivity index (χ3n) is 3.21. The molecule has 2 aromatic rings. The molecule has 1 amide bonds. The van der Waals surface area contributed by atoms with Gasteiger partial charge in [0.2, 0.25) is 5.91 Å². The van der Waals surface area contributed by atoms with E-state index in [0.717, 1.165) is 11.1 Å². The van der Waals surface area contributed by atoms with Crippen LogP contribution in [0.4, 0.5) is 0 Å². The van der Waals surface area contributed by atoms with Gasteiger partial charge in [-0.25, -0.2) is 4.99 Å². The number of nitrogens with one attached hydrogen (secondary N) is 2. The SMILES string of the molecule is CN(C)C(=O)CNC(=NCc1ccsc1)NCc1ccccc1. The molecule has 122 valence electrons. The highest BCUT2D eigenvalue weighted by atomic mass is 32.1. The number of thiophene rings is 1. The first-order valence-corrected chi connectivity index (χ1v) is 8.37. The van der Waals surface area contributed by atoms with Gasteiger partial charge in [0.25, 0.3) is 0 Å². The number of hydrogen-bond acceptors (Lipinski definition) is 3. The van der Waals surface area contributed by atoms with Crippen LogP contribution in [0.25, 0.3) is 0 Å². The number of nitrogens with zero attached hydrogens (tertiary/aromatic N) is 2. The van der Waals surface area contributed by atoms with Gasteiger partial charge in [-0.15, -0.1) is 0 Å². The van der Waals surface area contributed by atoms with E-state index in [4.69, 9.17) is 0 Å². The summed E-state index contributed by atoms with van der Waals surface area (Å²) in [5, 5.41) is 10.5. The van der Waals surface area contributed by atoms with Crippen molar-refractivity contribution in [2.75, 3.05) is 20.6 Å². The minimum atomic E-state index is 0.00902. The maximum atomic E-state index is 11.7. The van der Waals surface area contributed by atoms with Gasteiger partial charge >= 0.3 is 0 Å². The fourth-order valence-corrected chi connectivity index (χ4v) is 2.49. The molecule has 0 aliphatic rings. The molecule has 0 atom stereocenters. The molecular formula is C17H22N4OS. The largest absolute Gasteiger partial charge is 0.352 e. The van der Waals surface area contributed by atoms with Gasteiger partial charge in [-0.3, -0.25) is 4.79 Å². The molecule has 1 aromatic carbocycles. The molecule has 0 saturated heterocycles. The van der Waals surface area contributed by atoms with E-state index in [2.05, 4.69) is 33.1 Å². The van der Waals surface area contributed by atoms with Crippen LogP contribution in [0.5, 0.6) is 0 Å². The highest BCUT2D eigenvalue weighted by Crippen LogP contribution is 2.06. The number of benzene rings is 1. The monoisotopic (exact) mass is 330 g/mol. The standard InChI is InChI=1S/C17H22N4OS/c1-21(2)16(22)12-20-17(19-11-15-8-9-23-13-15)18-10-14-6-4-3-5-7-14/h3-9,13H,10-12H2,1-2H3,(H2,18,19,20). The molecule has 0 aliphatic heterocycles. The van der Waals surface area contributed by atoms with E-state index in [-0.39, 0.29) is 12.5 Å². The number of rotatable bonds is 6. The first kappa shape index (κ1) is 17.0. The molecule has 0 saturated carbocycles. The Bertz CT molecular complexity index is 623. The van der Waals surface area contributed by atoms with Gasteiger partial charge < -0.3 is 15.5 Å². The van der Waals surface area contributed by atoms with Crippen LogP contribution in [-0.4, -0.2) is 37.4 Å². The predicted molar refractivity (Wildman–Crippen MR) is 95.4 cm³/mol. The van der Waals surface area contributed by atoms with E-state index in [1.165, 1.54) is 0 Å². The van der Waals surface area contributed by atoms with E-state index in [9.17, 15) is 4.79 Å². The Labute approximate surface area is 141 Å². The lowest BCUT2D eigenvalue weighted by molar-refractivity contribution is -0.127. The van der Waals surface area contributed by atoms with Gasteiger partial charge in [0.1, 0.15) is 0 Å². The van der Waals surface area contributed by atoms with Crippen molar-refractivity contribution in [1.29, 1.82) is 0 Å². The summed E-state index contributed by atoms with van der Waals surface area (Å²) in [6.07, 6.45) is 0. The maximum Gasteiger partial charge on any atom is 0.241 e. The number of likely N-dealkylation sites (N-methyl/N-ethyl adjacent to an activating group) is 1.